The number of methoxy groups -OCH3 is 1. The minimum Gasteiger partial charge on any atom is -0.466 e. The first-order valence-corrected chi connectivity index (χ1v) is 4.26. The number of hydroxylamine groups is 2. The minimum absolute atomic E-state index is 0.351. The predicted octanol–water partition coefficient (Wildman–Crippen LogP) is -0.374. The van der Waals surface area contributed by atoms with Crippen molar-refractivity contribution in [3.05, 3.63) is 12.2 Å². The summed E-state index contributed by atoms with van der Waals surface area (Å²) < 4.78 is 8.86. The zero-order chi connectivity index (χ0) is 12.6. The summed E-state index contributed by atoms with van der Waals surface area (Å²) in [6.07, 6.45) is 1.80. The Morgan fingerprint density at radius 1 is 1.12 bits per heavy atom. The van der Waals surface area contributed by atoms with Crippen LogP contribution in [0.4, 0.5) is 0 Å². The summed E-state index contributed by atoms with van der Waals surface area (Å²) in [5.41, 5.74) is 0. The topological polar surface area (TPSA) is 82.1 Å². The molecule has 0 aromatic rings. The second kappa shape index (κ2) is 7.41. The van der Waals surface area contributed by atoms with E-state index in [9.17, 15) is 14.4 Å². The number of carbonyl (C=O) groups is 3. The molecule has 0 radical (unpaired) electrons. The highest BCUT2D eigenvalue weighted by atomic mass is 16.7. The number of rotatable bonds is 5. The summed E-state index contributed by atoms with van der Waals surface area (Å²) in [5, 5.41) is 0.837. The number of hydrogen-bond acceptors (Lipinski definition) is 6. The van der Waals surface area contributed by atoms with Crippen molar-refractivity contribution >= 4 is 17.8 Å². The van der Waals surface area contributed by atoms with E-state index in [1.807, 2.05) is 0 Å². The summed E-state index contributed by atoms with van der Waals surface area (Å²) in [6.45, 7) is 0.901. The smallest absolute Gasteiger partial charge is 0.332 e. The third kappa shape index (κ3) is 5.76. The molecule has 0 aliphatic carbocycles. The van der Waals surface area contributed by atoms with E-state index in [1.165, 1.54) is 21.1 Å². The lowest BCUT2D eigenvalue weighted by atomic mass is 10.5. The normalized spacial score (nSPS) is 9.94. The Morgan fingerprint density at radius 2 is 1.69 bits per heavy atom. The molecule has 0 atom stereocenters. The van der Waals surface area contributed by atoms with Crippen molar-refractivity contribution in [3.63, 3.8) is 0 Å². The Balaban J connectivity index is 4.02. The molecule has 0 aromatic carbocycles. The molecule has 0 aromatic heterocycles. The maximum atomic E-state index is 11.0. The molecule has 1 amide bonds. The molecule has 0 N–H and O–H groups in total. The third-order valence-electron chi connectivity index (χ3n) is 1.45. The van der Waals surface area contributed by atoms with E-state index in [0.29, 0.717) is 0 Å². The fourth-order valence-corrected chi connectivity index (χ4v) is 0.647. The van der Waals surface area contributed by atoms with Crippen molar-refractivity contribution in [1.82, 2.24) is 5.06 Å². The van der Waals surface area contributed by atoms with Gasteiger partial charge in [0.2, 0.25) is 5.91 Å². The van der Waals surface area contributed by atoms with Crippen molar-refractivity contribution in [2.75, 3.05) is 21.0 Å². The van der Waals surface area contributed by atoms with Crippen molar-refractivity contribution in [1.29, 1.82) is 0 Å². The molecule has 7 nitrogen and oxygen atoms in total. The minimum atomic E-state index is -0.784. The molecule has 0 bridgehead atoms. The van der Waals surface area contributed by atoms with Crippen LogP contribution in [0.3, 0.4) is 0 Å². The Bertz CT molecular complexity index is 298. The maximum absolute atomic E-state index is 11.0. The van der Waals surface area contributed by atoms with E-state index in [1.54, 1.807) is 0 Å². The van der Waals surface area contributed by atoms with Gasteiger partial charge in [-0.2, -0.15) is 5.06 Å². The number of hydrogen-bond donors (Lipinski definition) is 0. The van der Waals surface area contributed by atoms with Crippen molar-refractivity contribution in [2.24, 2.45) is 0 Å². The van der Waals surface area contributed by atoms with Crippen LogP contribution in [-0.2, 0) is 28.7 Å². The van der Waals surface area contributed by atoms with Gasteiger partial charge in [0.15, 0.2) is 6.73 Å². The molecule has 90 valence electrons. The number of nitrogens with zero attached hydrogens (tertiary/aromatic N) is 1. The van der Waals surface area contributed by atoms with Crippen LogP contribution in [0.15, 0.2) is 12.2 Å². The summed E-state index contributed by atoms with van der Waals surface area (Å²) in [6, 6.07) is 0. The average Bonchev–Trinajstić information content (AvgIpc) is 2.26. The molecule has 0 rings (SSSR count). The monoisotopic (exact) mass is 231 g/mol. The number of amides is 1. The van der Waals surface area contributed by atoms with Crippen molar-refractivity contribution in [2.45, 2.75) is 6.92 Å². The maximum Gasteiger partial charge on any atom is 0.332 e. The lowest BCUT2D eigenvalue weighted by Crippen LogP contribution is -2.30. The van der Waals surface area contributed by atoms with Gasteiger partial charge in [-0.1, -0.05) is 0 Å². The second-order valence-electron chi connectivity index (χ2n) is 2.53. The highest BCUT2D eigenvalue weighted by Gasteiger charge is 2.09. The number of esters is 2. The highest BCUT2D eigenvalue weighted by Crippen LogP contribution is 1.92. The number of carbonyl (C=O) groups excluding carboxylic acids is 3. The van der Waals surface area contributed by atoms with Gasteiger partial charge in [0.1, 0.15) is 0 Å². The molecule has 0 spiro atoms. The van der Waals surface area contributed by atoms with Gasteiger partial charge in [0.05, 0.1) is 14.2 Å². The highest BCUT2D eigenvalue weighted by molar-refractivity contribution is 5.91. The first-order chi connectivity index (χ1) is 7.51. The van der Waals surface area contributed by atoms with E-state index in [2.05, 4.69) is 14.3 Å². The molecule has 0 aliphatic rings. The quantitative estimate of drug-likeness (QED) is 0.278. The first kappa shape index (κ1) is 14.1. The molecule has 0 fully saturated rings. The Hall–Kier alpha value is -1.89. The molecule has 0 unspecified atom stereocenters. The van der Waals surface area contributed by atoms with Crippen molar-refractivity contribution < 1.29 is 28.7 Å². The molecule has 0 heterocycles. The van der Waals surface area contributed by atoms with Gasteiger partial charge in [-0.05, 0) is 0 Å². The van der Waals surface area contributed by atoms with Gasteiger partial charge < -0.3 is 9.47 Å². The fraction of sp³-hybridized carbons (Fsp3) is 0.444. The SMILES string of the molecule is COC(=O)/C=C/C(=O)OCN(OC)C(C)=O. The lowest BCUT2D eigenvalue weighted by molar-refractivity contribution is -0.199. The fourth-order valence-electron chi connectivity index (χ4n) is 0.647. The van der Waals surface area contributed by atoms with Gasteiger partial charge in [-0.25, -0.2) is 9.59 Å². The molecule has 0 saturated carbocycles. The Morgan fingerprint density at radius 3 is 2.12 bits per heavy atom. The predicted molar refractivity (Wildman–Crippen MR) is 51.6 cm³/mol. The van der Waals surface area contributed by atoms with Gasteiger partial charge in [-0.15, -0.1) is 0 Å². The van der Waals surface area contributed by atoms with Crippen LogP contribution in [0.2, 0.25) is 0 Å². The van der Waals surface area contributed by atoms with Gasteiger partial charge in [0, 0.05) is 19.1 Å². The summed E-state index contributed by atoms with van der Waals surface area (Å²) >= 11 is 0. The van der Waals surface area contributed by atoms with E-state index in [4.69, 9.17) is 0 Å². The van der Waals surface area contributed by atoms with Gasteiger partial charge in [-0.3, -0.25) is 9.63 Å². The van der Waals surface area contributed by atoms with Crippen LogP contribution in [-0.4, -0.2) is 43.9 Å². The van der Waals surface area contributed by atoms with Crippen LogP contribution in [0.5, 0.6) is 0 Å². The van der Waals surface area contributed by atoms with Crippen molar-refractivity contribution in [3.8, 4) is 0 Å². The zero-order valence-corrected chi connectivity index (χ0v) is 9.26. The second-order valence-corrected chi connectivity index (χ2v) is 2.53. The Labute approximate surface area is 92.5 Å². The van der Waals surface area contributed by atoms with E-state index >= 15 is 0 Å². The molecule has 0 aliphatic heterocycles. The molecule has 16 heavy (non-hydrogen) atoms. The van der Waals surface area contributed by atoms with Gasteiger partial charge in [0.25, 0.3) is 0 Å². The molecule has 0 saturated heterocycles. The number of ether oxygens (including phenoxy) is 2. The summed E-state index contributed by atoms with van der Waals surface area (Å²) in [4.78, 5) is 37.0. The molecular formula is C9H13NO6. The van der Waals surface area contributed by atoms with Gasteiger partial charge >= 0.3 is 11.9 Å². The standard InChI is InChI=1S/C9H13NO6/c1-7(11)10(15-3)6-16-9(13)5-4-8(12)14-2/h4-5H,6H2,1-3H3/b5-4+. The summed E-state index contributed by atoms with van der Waals surface area (Å²) in [7, 11) is 2.44. The average molecular weight is 231 g/mol. The van der Waals surface area contributed by atoms with Crippen LogP contribution in [0.25, 0.3) is 0 Å². The third-order valence-corrected chi connectivity index (χ3v) is 1.45. The van der Waals surface area contributed by atoms with E-state index in [-0.39, 0.29) is 6.73 Å². The van der Waals surface area contributed by atoms with E-state index < -0.39 is 17.8 Å². The largest absolute Gasteiger partial charge is 0.466 e. The van der Waals surface area contributed by atoms with Crippen LogP contribution < -0.4 is 0 Å². The summed E-state index contributed by atoms with van der Waals surface area (Å²) in [5.74, 6) is -1.87. The lowest BCUT2D eigenvalue weighted by Gasteiger charge is -2.16. The van der Waals surface area contributed by atoms with Crippen LogP contribution in [0.1, 0.15) is 6.92 Å². The van der Waals surface area contributed by atoms with Crippen LogP contribution >= 0.6 is 0 Å². The Kier molecular flexibility index (Phi) is 6.53. The zero-order valence-electron chi connectivity index (χ0n) is 9.26. The molecular weight excluding hydrogens is 218 g/mol. The first-order valence-electron chi connectivity index (χ1n) is 4.26. The van der Waals surface area contributed by atoms with E-state index in [0.717, 1.165) is 17.2 Å². The molecule has 7 heteroatoms. The van der Waals surface area contributed by atoms with Crippen LogP contribution in [0, 0.1) is 0 Å².